The maximum atomic E-state index is 11.8. The number of rotatable bonds is 3. The van der Waals surface area contributed by atoms with Crippen LogP contribution in [0.5, 0.6) is 0 Å². The average Bonchev–Trinajstić information content (AvgIpc) is 3.07. The lowest BCUT2D eigenvalue weighted by Crippen LogP contribution is -2.28. The summed E-state index contributed by atoms with van der Waals surface area (Å²) in [6.45, 7) is 2.14. The predicted molar refractivity (Wildman–Crippen MR) is 85.4 cm³/mol. The van der Waals surface area contributed by atoms with Crippen molar-refractivity contribution in [2.75, 3.05) is 5.32 Å². The highest BCUT2D eigenvalue weighted by Crippen LogP contribution is 2.33. The fourth-order valence-corrected chi connectivity index (χ4v) is 2.39. The molecule has 0 radical (unpaired) electrons. The average molecular weight is 339 g/mol. The third-order valence-electron chi connectivity index (χ3n) is 3.09. The van der Waals surface area contributed by atoms with E-state index in [2.05, 4.69) is 20.6 Å². The smallest absolute Gasteiger partial charge is 0.321 e. The molecule has 0 aliphatic carbocycles. The van der Waals surface area contributed by atoms with Crippen molar-refractivity contribution in [3.8, 4) is 0 Å². The van der Waals surface area contributed by atoms with Crippen LogP contribution in [0, 0.1) is 6.92 Å². The van der Waals surface area contributed by atoms with Crippen LogP contribution in [0.25, 0.3) is 11.0 Å². The van der Waals surface area contributed by atoms with Crippen LogP contribution in [0.15, 0.2) is 29.0 Å². The number of halogens is 2. The maximum absolute atomic E-state index is 11.8. The summed E-state index contributed by atoms with van der Waals surface area (Å²) in [5.74, 6) is 0.391. The Hall–Kier alpha value is -2.18. The number of imidazole rings is 1. The molecule has 114 valence electrons. The van der Waals surface area contributed by atoms with E-state index in [0.717, 1.165) is 16.6 Å². The lowest BCUT2D eigenvalue weighted by molar-refractivity contribution is 0.251. The molecule has 0 aliphatic heterocycles. The molecule has 0 bridgehead atoms. The molecule has 6 nitrogen and oxygen atoms in total. The Labute approximate surface area is 135 Å². The standard InChI is InChI=1S/C14H12Cl2N4O2/c1-7-4-17-13(19-7)20-14(21)18-5-8-6-22-12-9(8)2-3-10(15)11(12)16/h2-4,6H,5H2,1H3,(H3,17,18,19,20,21). The summed E-state index contributed by atoms with van der Waals surface area (Å²) in [6, 6.07) is 3.12. The van der Waals surface area contributed by atoms with Crippen molar-refractivity contribution < 1.29 is 9.21 Å². The molecule has 22 heavy (non-hydrogen) atoms. The van der Waals surface area contributed by atoms with Gasteiger partial charge in [0.1, 0.15) is 5.02 Å². The largest absolute Gasteiger partial charge is 0.462 e. The van der Waals surface area contributed by atoms with E-state index in [-0.39, 0.29) is 12.6 Å². The highest BCUT2D eigenvalue weighted by atomic mass is 35.5. The molecule has 0 spiro atoms. The molecule has 3 N–H and O–H groups in total. The summed E-state index contributed by atoms with van der Waals surface area (Å²) in [4.78, 5) is 18.7. The number of benzene rings is 1. The topological polar surface area (TPSA) is 82.9 Å². The highest BCUT2D eigenvalue weighted by molar-refractivity contribution is 6.44. The van der Waals surface area contributed by atoms with Crippen LogP contribution < -0.4 is 10.6 Å². The predicted octanol–water partition coefficient (Wildman–Crippen LogP) is 4.09. The van der Waals surface area contributed by atoms with Gasteiger partial charge in [0, 0.05) is 29.4 Å². The van der Waals surface area contributed by atoms with Crippen molar-refractivity contribution >= 4 is 46.2 Å². The summed E-state index contributed by atoms with van der Waals surface area (Å²) in [5.41, 5.74) is 2.18. The molecule has 2 heterocycles. The molecular weight excluding hydrogens is 327 g/mol. The van der Waals surface area contributed by atoms with E-state index in [1.807, 2.05) is 6.92 Å². The van der Waals surface area contributed by atoms with Gasteiger partial charge in [-0.05, 0) is 19.1 Å². The zero-order valence-electron chi connectivity index (χ0n) is 11.5. The first-order chi connectivity index (χ1) is 10.5. The molecule has 0 unspecified atom stereocenters. The van der Waals surface area contributed by atoms with Crippen LogP contribution in [0.2, 0.25) is 10.0 Å². The summed E-state index contributed by atoms with van der Waals surface area (Å²) < 4.78 is 5.41. The van der Waals surface area contributed by atoms with E-state index in [4.69, 9.17) is 27.6 Å². The van der Waals surface area contributed by atoms with Crippen molar-refractivity contribution in [2.45, 2.75) is 13.5 Å². The van der Waals surface area contributed by atoms with Gasteiger partial charge in [0.05, 0.1) is 11.3 Å². The van der Waals surface area contributed by atoms with E-state index in [1.165, 1.54) is 0 Å². The van der Waals surface area contributed by atoms with Crippen molar-refractivity contribution in [1.29, 1.82) is 0 Å². The van der Waals surface area contributed by atoms with E-state index >= 15 is 0 Å². The number of urea groups is 1. The zero-order chi connectivity index (χ0) is 15.7. The van der Waals surface area contributed by atoms with Crippen LogP contribution in [0.4, 0.5) is 10.7 Å². The van der Waals surface area contributed by atoms with Crippen LogP contribution in [0.3, 0.4) is 0 Å². The third kappa shape index (κ3) is 2.88. The molecule has 2 amide bonds. The Morgan fingerprint density at radius 2 is 2.23 bits per heavy atom. The first-order valence-electron chi connectivity index (χ1n) is 6.45. The van der Waals surface area contributed by atoms with Crippen LogP contribution in [-0.2, 0) is 6.54 Å². The minimum atomic E-state index is -0.372. The van der Waals surface area contributed by atoms with E-state index in [9.17, 15) is 4.79 Å². The second kappa shape index (κ2) is 5.90. The summed E-state index contributed by atoms with van der Waals surface area (Å²) in [6.07, 6.45) is 3.18. The molecule has 0 fully saturated rings. The molecule has 0 saturated carbocycles. The number of hydrogen-bond donors (Lipinski definition) is 3. The SMILES string of the molecule is Cc1cnc(NC(=O)NCc2coc3c(Cl)c(Cl)ccc23)[nH]1. The second-order valence-electron chi connectivity index (χ2n) is 4.72. The fraction of sp³-hybridized carbons (Fsp3) is 0.143. The molecule has 3 rings (SSSR count). The van der Waals surface area contributed by atoms with Crippen LogP contribution >= 0.6 is 23.2 Å². The number of hydrogen-bond acceptors (Lipinski definition) is 3. The minimum absolute atomic E-state index is 0.288. The Balaban J connectivity index is 1.69. The first-order valence-corrected chi connectivity index (χ1v) is 7.20. The molecule has 0 atom stereocenters. The van der Waals surface area contributed by atoms with Gasteiger partial charge >= 0.3 is 6.03 Å². The van der Waals surface area contributed by atoms with Crippen molar-refractivity contribution in [2.24, 2.45) is 0 Å². The Bertz CT molecular complexity index is 841. The van der Waals surface area contributed by atoms with Gasteiger partial charge in [-0.1, -0.05) is 23.2 Å². The summed E-state index contributed by atoms with van der Waals surface area (Å²) in [7, 11) is 0. The minimum Gasteiger partial charge on any atom is -0.462 e. The number of fused-ring (bicyclic) bond motifs is 1. The molecule has 2 aromatic heterocycles. The Morgan fingerprint density at radius 3 is 2.95 bits per heavy atom. The molecule has 3 aromatic rings. The number of amides is 2. The zero-order valence-corrected chi connectivity index (χ0v) is 13.0. The molecule has 8 heteroatoms. The van der Waals surface area contributed by atoms with Gasteiger partial charge in [0.25, 0.3) is 0 Å². The quantitative estimate of drug-likeness (QED) is 0.672. The summed E-state index contributed by atoms with van der Waals surface area (Å²) >= 11 is 12.0. The number of carbonyl (C=O) groups is 1. The monoisotopic (exact) mass is 338 g/mol. The number of furan rings is 1. The summed E-state index contributed by atoms with van der Waals surface area (Å²) in [5, 5.41) is 6.92. The number of carbonyl (C=O) groups excluding carboxylic acids is 1. The van der Waals surface area contributed by atoms with Gasteiger partial charge in [0.2, 0.25) is 5.95 Å². The van der Waals surface area contributed by atoms with E-state index in [1.54, 1.807) is 24.6 Å². The first kappa shape index (κ1) is 14.7. The van der Waals surface area contributed by atoms with Gasteiger partial charge in [-0.2, -0.15) is 0 Å². The van der Waals surface area contributed by atoms with Gasteiger partial charge in [-0.15, -0.1) is 0 Å². The number of nitrogens with zero attached hydrogens (tertiary/aromatic N) is 1. The number of H-pyrrole nitrogens is 1. The molecule has 0 saturated heterocycles. The van der Waals surface area contributed by atoms with Gasteiger partial charge in [0.15, 0.2) is 5.58 Å². The molecular formula is C14H12Cl2N4O2. The molecule has 1 aromatic carbocycles. The number of aryl methyl sites for hydroxylation is 1. The van der Waals surface area contributed by atoms with Gasteiger partial charge in [-0.25, -0.2) is 9.78 Å². The van der Waals surface area contributed by atoms with Crippen LogP contribution in [0.1, 0.15) is 11.3 Å². The number of nitrogens with one attached hydrogen (secondary N) is 3. The molecule has 0 aliphatic rings. The van der Waals surface area contributed by atoms with Crippen molar-refractivity contribution in [3.05, 3.63) is 45.9 Å². The van der Waals surface area contributed by atoms with Crippen molar-refractivity contribution in [1.82, 2.24) is 15.3 Å². The van der Waals surface area contributed by atoms with E-state index in [0.29, 0.717) is 21.6 Å². The van der Waals surface area contributed by atoms with E-state index < -0.39 is 0 Å². The number of aromatic nitrogens is 2. The van der Waals surface area contributed by atoms with Crippen molar-refractivity contribution in [3.63, 3.8) is 0 Å². The maximum Gasteiger partial charge on any atom is 0.321 e. The highest BCUT2D eigenvalue weighted by Gasteiger charge is 2.12. The van der Waals surface area contributed by atoms with Gasteiger partial charge in [-0.3, -0.25) is 5.32 Å². The van der Waals surface area contributed by atoms with Gasteiger partial charge < -0.3 is 14.7 Å². The normalized spacial score (nSPS) is 10.9. The number of aromatic amines is 1. The lowest BCUT2D eigenvalue weighted by Gasteiger charge is -2.04. The fourth-order valence-electron chi connectivity index (χ4n) is 2.03. The lowest BCUT2D eigenvalue weighted by atomic mass is 10.2. The Kier molecular flexibility index (Phi) is 3.96. The third-order valence-corrected chi connectivity index (χ3v) is 3.88. The number of anilines is 1. The second-order valence-corrected chi connectivity index (χ2v) is 5.51. The Morgan fingerprint density at radius 1 is 1.41 bits per heavy atom. The van der Waals surface area contributed by atoms with Crippen LogP contribution in [-0.4, -0.2) is 16.0 Å².